The zero-order chi connectivity index (χ0) is 23.8. The summed E-state index contributed by atoms with van der Waals surface area (Å²) in [5, 5.41) is 11.8. The number of aliphatic hydroxyl groups excluding tert-OH is 1. The van der Waals surface area contributed by atoms with E-state index >= 15 is 0 Å². The van der Waals surface area contributed by atoms with E-state index in [1.165, 1.54) is 4.90 Å². The number of imidazole rings is 1. The number of fused-ring (bicyclic) bond motifs is 1. The third-order valence-corrected chi connectivity index (χ3v) is 6.52. The Morgan fingerprint density at radius 1 is 1.18 bits per heavy atom. The molecule has 2 aliphatic heterocycles. The summed E-state index contributed by atoms with van der Waals surface area (Å²) in [4.78, 5) is 31.8. The van der Waals surface area contributed by atoms with E-state index in [1.54, 1.807) is 48.9 Å². The molecule has 1 N–H and O–H groups in total. The monoisotopic (exact) mass is 477 g/mol. The second-order valence-electron chi connectivity index (χ2n) is 8.65. The summed E-state index contributed by atoms with van der Waals surface area (Å²) in [6.07, 6.45) is 6.67. The molecule has 2 atom stereocenters. The first-order chi connectivity index (χ1) is 16.4. The molecular formula is C26H24ClN3O4. The highest BCUT2D eigenvalue weighted by molar-refractivity contribution is 6.46. The first-order valence-corrected chi connectivity index (χ1v) is 11.6. The van der Waals surface area contributed by atoms with Crippen LogP contribution in [0.3, 0.4) is 0 Å². The topological polar surface area (TPSA) is 84.7 Å². The Kier molecular flexibility index (Phi) is 5.87. The van der Waals surface area contributed by atoms with Crippen LogP contribution in [0.25, 0.3) is 5.76 Å². The van der Waals surface area contributed by atoms with Crippen LogP contribution in [0.15, 0.2) is 66.8 Å². The van der Waals surface area contributed by atoms with Crippen LogP contribution in [0.2, 0.25) is 5.02 Å². The maximum absolute atomic E-state index is 13.2. The van der Waals surface area contributed by atoms with E-state index in [1.807, 2.05) is 23.8 Å². The van der Waals surface area contributed by atoms with E-state index in [-0.39, 0.29) is 17.4 Å². The predicted octanol–water partition coefficient (Wildman–Crippen LogP) is 4.37. The van der Waals surface area contributed by atoms with Gasteiger partial charge < -0.3 is 19.3 Å². The summed E-state index contributed by atoms with van der Waals surface area (Å²) < 4.78 is 7.67. The van der Waals surface area contributed by atoms with Crippen molar-refractivity contribution in [3.8, 4) is 5.75 Å². The SMILES string of the molecule is C[C@@H]1Cc2cc(/C(O)=C3\C(=O)C(=O)N(CCCn4ccnc4)[C@H]3c3ccc(Cl)cc3)ccc2O1. The van der Waals surface area contributed by atoms with Gasteiger partial charge in [0, 0.05) is 42.5 Å². The number of halogens is 1. The number of amides is 1. The molecule has 34 heavy (non-hydrogen) atoms. The molecule has 0 bridgehead atoms. The molecule has 1 saturated heterocycles. The first kappa shape index (κ1) is 22.2. The van der Waals surface area contributed by atoms with E-state index in [4.69, 9.17) is 16.3 Å². The second kappa shape index (κ2) is 8.99. The van der Waals surface area contributed by atoms with Crippen LogP contribution in [-0.4, -0.2) is 43.9 Å². The molecule has 174 valence electrons. The van der Waals surface area contributed by atoms with Gasteiger partial charge in [0.25, 0.3) is 11.7 Å². The predicted molar refractivity (Wildman–Crippen MR) is 128 cm³/mol. The van der Waals surface area contributed by atoms with Crippen LogP contribution in [0.5, 0.6) is 5.75 Å². The summed E-state index contributed by atoms with van der Waals surface area (Å²) in [5.74, 6) is -0.716. The Balaban J connectivity index is 1.52. The number of ketones is 1. The zero-order valence-electron chi connectivity index (χ0n) is 18.6. The van der Waals surface area contributed by atoms with Crippen molar-refractivity contribution >= 4 is 29.1 Å². The quantitative estimate of drug-likeness (QED) is 0.324. The number of aliphatic hydroxyl groups is 1. The summed E-state index contributed by atoms with van der Waals surface area (Å²) >= 11 is 6.08. The van der Waals surface area contributed by atoms with Gasteiger partial charge in [0.2, 0.25) is 0 Å². The van der Waals surface area contributed by atoms with Crippen LogP contribution in [0, 0.1) is 0 Å². The van der Waals surface area contributed by atoms with Crippen molar-refractivity contribution < 1.29 is 19.4 Å². The number of ether oxygens (including phenoxy) is 1. The minimum absolute atomic E-state index is 0.0579. The van der Waals surface area contributed by atoms with Crippen molar-refractivity contribution in [2.75, 3.05) is 6.54 Å². The van der Waals surface area contributed by atoms with E-state index in [9.17, 15) is 14.7 Å². The highest BCUT2D eigenvalue weighted by Gasteiger charge is 2.45. The summed E-state index contributed by atoms with van der Waals surface area (Å²) in [6.45, 7) is 2.98. The van der Waals surface area contributed by atoms with Gasteiger partial charge in [0.05, 0.1) is 17.9 Å². The number of Topliss-reactive ketones (excluding diaryl/α,β-unsaturated/α-hetero) is 1. The molecule has 7 nitrogen and oxygen atoms in total. The fraction of sp³-hybridized carbons (Fsp3) is 0.269. The average molecular weight is 478 g/mol. The van der Waals surface area contributed by atoms with E-state index in [2.05, 4.69) is 4.98 Å². The van der Waals surface area contributed by atoms with Crippen molar-refractivity contribution in [2.45, 2.75) is 38.5 Å². The third-order valence-electron chi connectivity index (χ3n) is 6.27. The number of carbonyl (C=O) groups is 2. The fourth-order valence-corrected chi connectivity index (χ4v) is 4.80. The zero-order valence-corrected chi connectivity index (χ0v) is 19.4. The maximum Gasteiger partial charge on any atom is 0.295 e. The lowest BCUT2D eigenvalue weighted by Gasteiger charge is -2.25. The number of aromatic nitrogens is 2. The van der Waals surface area contributed by atoms with Gasteiger partial charge in [-0.05, 0) is 54.8 Å². The van der Waals surface area contributed by atoms with E-state index < -0.39 is 17.7 Å². The Morgan fingerprint density at radius 3 is 2.71 bits per heavy atom. The smallest absolute Gasteiger partial charge is 0.295 e. The first-order valence-electron chi connectivity index (χ1n) is 11.2. The van der Waals surface area contributed by atoms with Gasteiger partial charge in [0.15, 0.2) is 0 Å². The molecule has 0 unspecified atom stereocenters. The van der Waals surface area contributed by atoms with Gasteiger partial charge >= 0.3 is 0 Å². The normalized spacial score (nSPS) is 21.1. The number of carbonyl (C=O) groups excluding carboxylic acids is 2. The average Bonchev–Trinajstić information content (AvgIpc) is 3.53. The van der Waals surface area contributed by atoms with Crippen molar-refractivity contribution in [3.63, 3.8) is 0 Å². The molecule has 2 aromatic carbocycles. The highest BCUT2D eigenvalue weighted by Crippen LogP contribution is 2.41. The van der Waals surface area contributed by atoms with Gasteiger partial charge in [-0.1, -0.05) is 23.7 Å². The van der Waals surface area contributed by atoms with Crippen LogP contribution in [0.1, 0.15) is 36.1 Å². The van der Waals surface area contributed by atoms with Crippen molar-refractivity contribution in [1.29, 1.82) is 0 Å². The molecule has 1 aromatic heterocycles. The minimum Gasteiger partial charge on any atom is -0.507 e. The molecule has 3 heterocycles. The Morgan fingerprint density at radius 2 is 1.97 bits per heavy atom. The van der Waals surface area contributed by atoms with Gasteiger partial charge in [-0.3, -0.25) is 9.59 Å². The standard InChI is InChI=1S/C26H24ClN3O4/c1-16-13-19-14-18(5-8-21(19)34-16)24(31)22-23(17-3-6-20(27)7-4-17)30(26(33)25(22)32)11-2-10-29-12-9-28-15-29/h3-9,12,14-16,23,31H,2,10-11,13H2,1H3/b24-22+/t16-,23+/m1/s1. The van der Waals surface area contributed by atoms with Crippen molar-refractivity contribution in [3.05, 3.63) is 88.5 Å². The summed E-state index contributed by atoms with van der Waals surface area (Å²) in [5.41, 5.74) is 2.26. The fourth-order valence-electron chi connectivity index (χ4n) is 4.67. The minimum atomic E-state index is -0.705. The molecule has 0 aliphatic carbocycles. The molecule has 0 saturated carbocycles. The van der Waals surface area contributed by atoms with Crippen LogP contribution < -0.4 is 4.74 Å². The highest BCUT2D eigenvalue weighted by atomic mass is 35.5. The molecule has 0 spiro atoms. The molecule has 5 rings (SSSR count). The Hall–Kier alpha value is -3.58. The van der Waals surface area contributed by atoms with Crippen LogP contribution in [-0.2, 0) is 22.6 Å². The lowest BCUT2D eigenvalue weighted by atomic mass is 9.94. The molecule has 8 heteroatoms. The molecule has 1 amide bonds. The lowest BCUT2D eigenvalue weighted by molar-refractivity contribution is -0.139. The number of aryl methyl sites for hydroxylation is 1. The number of rotatable bonds is 6. The Bertz CT molecular complexity index is 1270. The van der Waals surface area contributed by atoms with Gasteiger partial charge in [-0.2, -0.15) is 0 Å². The molecular weight excluding hydrogens is 454 g/mol. The molecule has 1 fully saturated rings. The third kappa shape index (κ3) is 4.07. The largest absolute Gasteiger partial charge is 0.507 e. The number of hydrogen-bond acceptors (Lipinski definition) is 5. The molecule has 0 radical (unpaired) electrons. The molecule has 2 aliphatic rings. The number of hydrogen-bond donors (Lipinski definition) is 1. The van der Waals surface area contributed by atoms with E-state index in [0.29, 0.717) is 35.7 Å². The second-order valence-corrected chi connectivity index (χ2v) is 9.09. The number of benzene rings is 2. The number of likely N-dealkylation sites (tertiary alicyclic amines) is 1. The lowest BCUT2D eigenvalue weighted by Crippen LogP contribution is -2.31. The van der Waals surface area contributed by atoms with Gasteiger partial charge in [0.1, 0.15) is 17.6 Å². The van der Waals surface area contributed by atoms with E-state index in [0.717, 1.165) is 17.7 Å². The number of nitrogens with zero attached hydrogens (tertiary/aromatic N) is 3. The van der Waals surface area contributed by atoms with Crippen LogP contribution in [0.4, 0.5) is 0 Å². The van der Waals surface area contributed by atoms with Crippen molar-refractivity contribution in [2.24, 2.45) is 0 Å². The Labute approximate surface area is 202 Å². The summed E-state index contributed by atoms with van der Waals surface area (Å²) in [7, 11) is 0. The maximum atomic E-state index is 13.2. The van der Waals surface area contributed by atoms with Crippen molar-refractivity contribution in [1.82, 2.24) is 14.5 Å². The van der Waals surface area contributed by atoms with Gasteiger partial charge in [-0.25, -0.2) is 4.98 Å². The summed E-state index contributed by atoms with van der Waals surface area (Å²) in [6, 6.07) is 11.7. The van der Waals surface area contributed by atoms with Gasteiger partial charge in [-0.15, -0.1) is 0 Å². The molecule has 3 aromatic rings. The van der Waals surface area contributed by atoms with Crippen LogP contribution >= 0.6 is 11.6 Å².